The van der Waals surface area contributed by atoms with Crippen molar-refractivity contribution >= 4 is 17.6 Å². The number of carbonyl (C=O) groups is 1. The van der Waals surface area contributed by atoms with Gasteiger partial charge in [-0.15, -0.1) is 11.6 Å². The maximum atomic E-state index is 12.0. The Labute approximate surface area is 181 Å². The van der Waals surface area contributed by atoms with Crippen LogP contribution in [0.2, 0.25) is 0 Å². The zero-order valence-corrected chi connectivity index (χ0v) is 16.9. The molecule has 8 heteroatoms. The monoisotopic (exact) mass is 437 g/mol. The summed E-state index contributed by atoms with van der Waals surface area (Å²) in [6, 6.07) is 18.6. The molecule has 1 fully saturated rings. The van der Waals surface area contributed by atoms with Gasteiger partial charge in [0.1, 0.15) is 24.2 Å². The third-order valence-electron chi connectivity index (χ3n) is 4.70. The molecule has 2 unspecified atom stereocenters. The minimum absolute atomic E-state index is 0.140. The van der Waals surface area contributed by atoms with Crippen LogP contribution in [0.15, 0.2) is 60.7 Å². The van der Waals surface area contributed by atoms with Crippen molar-refractivity contribution in [3.05, 3.63) is 71.8 Å². The van der Waals surface area contributed by atoms with Gasteiger partial charge in [-0.3, -0.25) is 4.79 Å². The van der Waals surface area contributed by atoms with Crippen molar-refractivity contribution < 1.29 is 35.3 Å². The normalized spacial score (nSPS) is 27.8. The average Bonchev–Trinajstić information content (AvgIpc) is 2.79. The highest BCUT2D eigenvalue weighted by Gasteiger charge is 2.49. The van der Waals surface area contributed by atoms with Crippen LogP contribution in [0.4, 0.5) is 0 Å². The van der Waals surface area contributed by atoms with E-state index in [1.54, 1.807) is 0 Å². The lowest BCUT2D eigenvalue weighted by molar-refractivity contribution is -0.309. The van der Waals surface area contributed by atoms with Gasteiger partial charge in [-0.2, -0.15) is 0 Å². The third kappa shape index (κ3) is 6.01. The number of aliphatic hydroxyl groups excluding tert-OH is 2. The summed E-state index contributed by atoms with van der Waals surface area (Å²) in [5, 5.41) is 20.3. The van der Waals surface area contributed by atoms with Gasteiger partial charge in [0.2, 0.25) is 0 Å². The largest absolute Gasteiger partial charge is 0.456 e. The fourth-order valence-corrected chi connectivity index (χ4v) is 3.30. The summed E-state index contributed by atoms with van der Waals surface area (Å²) in [6.07, 6.45) is -5.66. The number of rotatable bonds is 9. The first-order valence-electron chi connectivity index (χ1n) is 10.1. The van der Waals surface area contributed by atoms with E-state index < -0.39 is 49.1 Å². The molecule has 3 rings (SSSR count). The number of benzene rings is 2. The third-order valence-corrected chi connectivity index (χ3v) is 4.88. The van der Waals surface area contributed by atoms with Gasteiger partial charge in [-0.25, -0.2) is 0 Å². The number of esters is 1. The molecule has 162 valence electrons. The number of hydrogen-bond donors (Lipinski definition) is 2. The molecule has 1 aliphatic heterocycles. The van der Waals surface area contributed by atoms with E-state index in [0.717, 1.165) is 11.1 Å². The topological polar surface area (TPSA) is 94.5 Å². The molecule has 2 aromatic rings. The Morgan fingerprint density at radius 1 is 0.967 bits per heavy atom. The quantitative estimate of drug-likeness (QED) is 0.457. The van der Waals surface area contributed by atoms with Gasteiger partial charge in [0.15, 0.2) is 12.4 Å². The van der Waals surface area contributed by atoms with E-state index in [1.165, 1.54) is 0 Å². The molecule has 7 nitrogen and oxygen atoms in total. The molecule has 0 aromatic heterocycles. The van der Waals surface area contributed by atoms with Crippen LogP contribution < -0.4 is 0 Å². The van der Waals surface area contributed by atoms with Crippen LogP contribution in [0.25, 0.3) is 0 Å². The molecule has 0 aliphatic carbocycles. The maximum absolute atomic E-state index is 12.0. The fourth-order valence-electron chi connectivity index (χ4n) is 3.24. The van der Waals surface area contributed by atoms with Crippen molar-refractivity contribution in [2.24, 2.45) is 0 Å². The second kappa shape index (κ2) is 11.4. The van der Waals surface area contributed by atoms with E-state index in [0.29, 0.717) is 0 Å². The Bertz CT molecular complexity index is 808. The lowest BCUT2D eigenvalue weighted by atomic mass is 9.98. The molecule has 2 aromatic carbocycles. The smallest absolute Gasteiger partial charge is 0.321 e. The summed E-state index contributed by atoms with van der Waals surface area (Å²) < 4.78 is 30.0. The molecule has 0 bridgehead atoms. The van der Waals surface area contributed by atoms with Gasteiger partial charge in [-0.1, -0.05) is 60.7 Å². The van der Waals surface area contributed by atoms with Crippen molar-refractivity contribution in [2.75, 3.05) is 12.5 Å². The van der Waals surface area contributed by atoms with Crippen LogP contribution in [0.3, 0.4) is 0 Å². The summed E-state index contributed by atoms with van der Waals surface area (Å²) in [5.41, 5.74) is 1.72. The summed E-state index contributed by atoms with van der Waals surface area (Å²) in [7, 11) is 0. The van der Waals surface area contributed by atoms with E-state index in [-0.39, 0.29) is 13.2 Å². The molecule has 0 spiro atoms. The van der Waals surface area contributed by atoms with Crippen molar-refractivity contribution in [1.29, 1.82) is 0 Å². The lowest BCUT2D eigenvalue weighted by Crippen LogP contribution is -2.61. The van der Waals surface area contributed by atoms with Crippen LogP contribution in [0.5, 0.6) is 0 Å². The zero-order chi connectivity index (χ0) is 22.2. The minimum atomic E-state index is -1.65. The van der Waals surface area contributed by atoms with Crippen LogP contribution in [-0.2, 0) is 37.0 Å². The van der Waals surface area contributed by atoms with Crippen molar-refractivity contribution in [1.82, 2.24) is 0 Å². The van der Waals surface area contributed by atoms with Crippen molar-refractivity contribution in [2.45, 2.75) is 43.9 Å². The summed E-state index contributed by atoms with van der Waals surface area (Å²) in [4.78, 5) is 12.0. The number of halogens is 1. The highest BCUT2D eigenvalue weighted by atomic mass is 35.5. The Morgan fingerprint density at radius 2 is 1.50 bits per heavy atom. The first-order chi connectivity index (χ1) is 15.0. The fraction of sp³-hybridized carbons (Fsp3) is 0.409. The van der Waals surface area contributed by atoms with Crippen LogP contribution in [-0.4, -0.2) is 59.4 Å². The molecule has 0 saturated carbocycles. The van der Waals surface area contributed by atoms with Gasteiger partial charge < -0.3 is 29.2 Å². The van der Waals surface area contributed by atoms with Gasteiger partial charge in [0.25, 0.3) is 0 Å². The Balaban J connectivity index is 1.82. The van der Waals surface area contributed by atoms with Crippen molar-refractivity contribution in [3.8, 4) is 0 Å². The number of hydrogen-bond acceptors (Lipinski definition) is 7. The summed E-state index contributed by atoms with van der Waals surface area (Å²) in [6.45, 7) is -0.254. The van der Waals surface area contributed by atoms with Crippen molar-refractivity contribution in [3.63, 3.8) is 0 Å². The number of aliphatic hydroxyl groups is 2. The van der Waals surface area contributed by atoms with E-state index in [9.17, 15) is 15.0 Å². The second-order valence-corrected chi connectivity index (χ2v) is 7.00. The van der Waals surface area contributed by atoms with E-state index in [4.69, 9.17) is 31.9 Å². The molecular weight excluding hydrogens is 412 g/mol. The Kier molecular flexibility index (Phi) is 8.08. The number of carbonyl (C=O) groups excluding carboxylic acids is 1. The van der Waals surface area contributed by atoms with E-state index in [2.05, 4.69) is 0 Å². The molecule has 30 heavy (non-hydrogen) atoms. The number of ether oxygens (including phenoxy) is 4. The highest BCUT2D eigenvalue weighted by molar-refractivity contribution is 6.26. The molecule has 2 N–H and O–H groups in total. The van der Waals surface area contributed by atoms with E-state index >= 15 is 0 Å². The average molecular weight is 438 g/mol. The zero-order valence-electron chi connectivity index (χ0n) is 17.2. The minimum Gasteiger partial charge on any atom is -0.456 e. The Hall–Kier alpha value is -2.00. The molecule has 0 amide bonds. The maximum Gasteiger partial charge on any atom is 0.321 e. The van der Waals surface area contributed by atoms with E-state index in [1.807, 2.05) is 60.7 Å². The molecule has 0 radical (unpaired) electrons. The van der Waals surface area contributed by atoms with Crippen LogP contribution in [0, 0.1) is 0 Å². The standard InChI is InChI=1S/C22H25ClO7/c23-11-18(25)30-19-17(12-24)29-22(26)21(28-14-16-9-5-2-6-10-16)20(19)27-13-15-7-3-1-4-8-15/h1-10,17,19-22,24,26H,11-14H2/t17-,19-,20+,21-,22?/m1/s1/i11D/t11?,17-,19-,20+,21-,22?. The van der Waals surface area contributed by atoms with Crippen LogP contribution >= 0.6 is 11.6 Å². The SMILES string of the molecule is [2H]C(Cl)C(=O)O[C@H]1[C@H](OCc2ccccc2)[C@@H](OCc2ccccc2)C(O)O[C@@H]1CO. The predicted octanol–water partition coefficient (Wildman–Crippen LogP) is 2.02. The molecule has 1 heterocycles. The molecule has 1 aliphatic rings. The van der Waals surface area contributed by atoms with Crippen LogP contribution in [0.1, 0.15) is 12.5 Å². The van der Waals surface area contributed by atoms with Gasteiger partial charge in [0, 0.05) is 0 Å². The summed E-state index contributed by atoms with van der Waals surface area (Å²) >= 11 is 5.53. The van der Waals surface area contributed by atoms with Gasteiger partial charge >= 0.3 is 5.97 Å². The predicted molar refractivity (Wildman–Crippen MR) is 109 cm³/mol. The molecule has 6 atom stereocenters. The van der Waals surface area contributed by atoms with Gasteiger partial charge in [-0.05, 0) is 11.1 Å². The highest BCUT2D eigenvalue weighted by Crippen LogP contribution is 2.29. The second-order valence-electron chi connectivity index (χ2n) is 6.78. The Morgan fingerprint density at radius 3 is 2.00 bits per heavy atom. The lowest BCUT2D eigenvalue weighted by Gasteiger charge is -2.43. The molecular formula is C22H25ClO7. The van der Waals surface area contributed by atoms with Gasteiger partial charge in [0.05, 0.1) is 21.2 Å². The first kappa shape index (κ1) is 21.2. The number of alkyl halides is 1. The first-order valence-corrected chi connectivity index (χ1v) is 9.95. The molecule has 1 saturated heterocycles. The summed E-state index contributed by atoms with van der Waals surface area (Å²) in [5.74, 6) is -2.66.